The number of rotatable bonds is 5. The molecule has 156 valence electrons. The van der Waals surface area contributed by atoms with Gasteiger partial charge in [-0.1, -0.05) is 73.7 Å². The Balaban J connectivity index is 1.41. The summed E-state index contributed by atoms with van der Waals surface area (Å²) >= 11 is 0. The molecule has 4 nitrogen and oxygen atoms in total. The second-order valence-corrected chi connectivity index (χ2v) is 8.15. The van der Waals surface area contributed by atoms with Crippen LogP contribution >= 0.6 is 0 Å². The van der Waals surface area contributed by atoms with Crippen LogP contribution in [0.15, 0.2) is 85.2 Å². The molecule has 5 rings (SSSR count). The Morgan fingerprint density at radius 3 is 2.03 bits per heavy atom. The summed E-state index contributed by atoms with van der Waals surface area (Å²) in [5.41, 5.74) is 5.05. The minimum atomic E-state index is 0.276. The van der Waals surface area contributed by atoms with Crippen LogP contribution in [0.5, 0.6) is 0 Å². The zero-order valence-corrected chi connectivity index (χ0v) is 18.0. The van der Waals surface area contributed by atoms with E-state index in [4.69, 9.17) is 0 Å². The number of aromatic nitrogens is 2. The number of nitrogens with zero attached hydrogens (tertiary/aromatic N) is 4. The van der Waals surface area contributed by atoms with Gasteiger partial charge in [-0.3, -0.25) is 4.90 Å². The molecule has 1 aliphatic heterocycles. The molecule has 0 aliphatic carbocycles. The average molecular weight is 409 g/mol. The number of benzene rings is 3. The van der Waals surface area contributed by atoms with Gasteiger partial charge >= 0.3 is 0 Å². The van der Waals surface area contributed by atoms with Crippen molar-refractivity contribution in [1.82, 2.24) is 14.9 Å². The van der Waals surface area contributed by atoms with E-state index in [0.717, 1.165) is 49.3 Å². The van der Waals surface area contributed by atoms with Crippen molar-refractivity contribution in [2.24, 2.45) is 0 Å². The van der Waals surface area contributed by atoms with Crippen molar-refractivity contribution in [2.45, 2.75) is 19.4 Å². The molecule has 1 fully saturated rings. The highest BCUT2D eigenvalue weighted by atomic mass is 15.3. The molecule has 0 unspecified atom stereocenters. The minimum Gasteiger partial charge on any atom is -0.353 e. The van der Waals surface area contributed by atoms with Crippen LogP contribution in [0.25, 0.3) is 10.9 Å². The molecule has 1 aliphatic rings. The van der Waals surface area contributed by atoms with Crippen LogP contribution in [0.1, 0.15) is 29.7 Å². The maximum atomic E-state index is 4.69. The first kappa shape index (κ1) is 19.7. The summed E-state index contributed by atoms with van der Waals surface area (Å²) < 4.78 is 0. The van der Waals surface area contributed by atoms with Crippen molar-refractivity contribution in [3.63, 3.8) is 0 Å². The molecule has 0 spiro atoms. The second-order valence-electron chi connectivity index (χ2n) is 8.15. The third-order valence-electron chi connectivity index (χ3n) is 6.30. The number of anilines is 1. The number of piperazine rings is 1. The molecule has 3 aromatic carbocycles. The van der Waals surface area contributed by atoms with Gasteiger partial charge in [-0.15, -0.1) is 0 Å². The lowest BCUT2D eigenvalue weighted by atomic mass is 9.96. The predicted octanol–water partition coefficient (Wildman–Crippen LogP) is 5.10. The van der Waals surface area contributed by atoms with Gasteiger partial charge in [0.15, 0.2) is 0 Å². The number of aryl methyl sites for hydroxylation is 1. The molecule has 4 aromatic rings. The van der Waals surface area contributed by atoms with Crippen molar-refractivity contribution in [3.8, 4) is 0 Å². The highest BCUT2D eigenvalue weighted by Gasteiger charge is 2.27. The molecule has 4 heteroatoms. The second kappa shape index (κ2) is 8.86. The highest BCUT2D eigenvalue weighted by Crippen LogP contribution is 2.31. The lowest BCUT2D eigenvalue weighted by Gasteiger charge is -2.40. The van der Waals surface area contributed by atoms with Gasteiger partial charge < -0.3 is 4.90 Å². The van der Waals surface area contributed by atoms with E-state index in [1.807, 2.05) is 0 Å². The lowest BCUT2D eigenvalue weighted by molar-refractivity contribution is 0.212. The Hall–Kier alpha value is -3.24. The molecule has 0 bridgehead atoms. The smallest absolute Gasteiger partial charge is 0.139 e. The van der Waals surface area contributed by atoms with Crippen molar-refractivity contribution in [2.75, 3.05) is 31.1 Å². The third kappa shape index (κ3) is 4.04. The van der Waals surface area contributed by atoms with Gasteiger partial charge in [-0.2, -0.15) is 0 Å². The van der Waals surface area contributed by atoms with Crippen LogP contribution in [0, 0.1) is 0 Å². The normalized spacial score (nSPS) is 15.0. The van der Waals surface area contributed by atoms with Gasteiger partial charge in [-0.05, 0) is 35.2 Å². The van der Waals surface area contributed by atoms with Gasteiger partial charge in [0.2, 0.25) is 0 Å². The fourth-order valence-corrected chi connectivity index (χ4v) is 4.64. The quantitative estimate of drug-likeness (QED) is 0.460. The Morgan fingerprint density at radius 1 is 0.774 bits per heavy atom. The third-order valence-corrected chi connectivity index (χ3v) is 6.30. The number of hydrogen-bond donors (Lipinski definition) is 0. The first-order chi connectivity index (χ1) is 15.3. The van der Waals surface area contributed by atoms with E-state index in [0.29, 0.717) is 0 Å². The van der Waals surface area contributed by atoms with Crippen molar-refractivity contribution < 1.29 is 0 Å². The van der Waals surface area contributed by atoms with E-state index in [9.17, 15) is 0 Å². The van der Waals surface area contributed by atoms with E-state index < -0.39 is 0 Å². The first-order valence-corrected chi connectivity index (χ1v) is 11.2. The fourth-order valence-electron chi connectivity index (χ4n) is 4.64. The molecule has 31 heavy (non-hydrogen) atoms. The number of fused-ring (bicyclic) bond motifs is 1. The summed E-state index contributed by atoms with van der Waals surface area (Å²) in [5, 5.41) is 1.16. The van der Waals surface area contributed by atoms with Crippen LogP contribution in [-0.4, -0.2) is 41.0 Å². The van der Waals surface area contributed by atoms with Crippen LogP contribution in [0.4, 0.5) is 5.82 Å². The van der Waals surface area contributed by atoms with Crippen LogP contribution in [0.3, 0.4) is 0 Å². The molecule has 2 heterocycles. The Morgan fingerprint density at radius 2 is 1.42 bits per heavy atom. The van der Waals surface area contributed by atoms with E-state index in [1.165, 1.54) is 16.7 Å². The largest absolute Gasteiger partial charge is 0.353 e. The molecule has 0 saturated carbocycles. The summed E-state index contributed by atoms with van der Waals surface area (Å²) in [4.78, 5) is 14.2. The monoisotopic (exact) mass is 408 g/mol. The maximum Gasteiger partial charge on any atom is 0.139 e. The maximum absolute atomic E-state index is 4.69. The molecule has 0 atom stereocenters. The van der Waals surface area contributed by atoms with E-state index in [1.54, 1.807) is 6.33 Å². The van der Waals surface area contributed by atoms with Gasteiger partial charge in [0.05, 0.1) is 11.6 Å². The van der Waals surface area contributed by atoms with Crippen LogP contribution in [0.2, 0.25) is 0 Å². The summed E-state index contributed by atoms with van der Waals surface area (Å²) in [6.45, 7) is 6.09. The standard InChI is InChI=1S/C27H28N4/c1-2-21-13-14-25-24(19-21)27(29-20-28-25)31-17-15-30(16-18-31)26(22-9-5-3-6-10-22)23-11-7-4-8-12-23/h3-14,19-20,26H,2,15-18H2,1H3. The van der Waals surface area contributed by atoms with E-state index in [-0.39, 0.29) is 6.04 Å². The Bertz CT molecular complexity index is 1100. The van der Waals surface area contributed by atoms with Crippen molar-refractivity contribution in [1.29, 1.82) is 0 Å². The van der Waals surface area contributed by atoms with Gasteiger partial charge in [0, 0.05) is 31.6 Å². The lowest BCUT2D eigenvalue weighted by Crippen LogP contribution is -2.48. The van der Waals surface area contributed by atoms with Gasteiger partial charge in [0.1, 0.15) is 12.1 Å². The van der Waals surface area contributed by atoms with Gasteiger partial charge in [-0.25, -0.2) is 9.97 Å². The SMILES string of the molecule is CCc1ccc2ncnc(N3CCN(C(c4ccccc4)c4ccccc4)CC3)c2c1. The minimum absolute atomic E-state index is 0.276. The summed E-state index contributed by atoms with van der Waals surface area (Å²) in [6.07, 6.45) is 2.72. The molecular formula is C27H28N4. The van der Waals surface area contributed by atoms with Crippen LogP contribution < -0.4 is 4.90 Å². The van der Waals surface area contributed by atoms with Crippen molar-refractivity contribution in [3.05, 3.63) is 102 Å². The summed E-state index contributed by atoms with van der Waals surface area (Å²) in [5.74, 6) is 1.07. The zero-order valence-electron chi connectivity index (χ0n) is 18.0. The number of hydrogen-bond acceptors (Lipinski definition) is 4. The molecule has 0 radical (unpaired) electrons. The molecule has 0 amide bonds. The van der Waals surface area contributed by atoms with E-state index >= 15 is 0 Å². The molecule has 0 N–H and O–H groups in total. The fraction of sp³-hybridized carbons (Fsp3) is 0.259. The Labute approximate surface area is 184 Å². The topological polar surface area (TPSA) is 32.3 Å². The molecule has 1 saturated heterocycles. The van der Waals surface area contributed by atoms with Gasteiger partial charge in [0.25, 0.3) is 0 Å². The summed E-state index contributed by atoms with van der Waals surface area (Å²) in [6, 6.07) is 28.5. The predicted molar refractivity (Wildman–Crippen MR) is 127 cm³/mol. The molecule has 1 aromatic heterocycles. The molecular weight excluding hydrogens is 380 g/mol. The first-order valence-electron chi connectivity index (χ1n) is 11.2. The summed E-state index contributed by atoms with van der Waals surface area (Å²) in [7, 11) is 0. The zero-order chi connectivity index (χ0) is 21.0. The Kier molecular flexibility index (Phi) is 5.63. The van der Waals surface area contributed by atoms with Crippen molar-refractivity contribution >= 4 is 16.7 Å². The highest BCUT2D eigenvalue weighted by molar-refractivity contribution is 5.89. The average Bonchev–Trinajstić information content (AvgIpc) is 2.85. The van der Waals surface area contributed by atoms with E-state index in [2.05, 4.69) is 106 Å². The van der Waals surface area contributed by atoms with Crippen LogP contribution in [-0.2, 0) is 6.42 Å².